The van der Waals surface area contributed by atoms with Gasteiger partial charge in [-0.25, -0.2) is 0 Å². The van der Waals surface area contributed by atoms with Gasteiger partial charge in [0, 0.05) is 24.2 Å². The fraction of sp³-hybridized carbons (Fsp3) is 0.231. The molecule has 2 aromatic rings. The second-order valence-corrected chi connectivity index (χ2v) is 5.41. The van der Waals surface area contributed by atoms with Gasteiger partial charge >= 0.3 is 0 Å². The predicted molar refractivity (Wildman–Crippen MR) is 74.8 cm³/mol. The first-order valence-electron chi connectivity index (χ1n) is 6.04. The van der Waals surface area contributed by atoms with Crippen molar-refractivity contribution < 1.29 is 4.79 Å². The van der Waals surface area contributed by atoms with Crippen LogP contribution in [0.5, 0.6) is 0 Å². The van der Waals surface area contributed by atoms with E-state index >= 15 is 0 Å². The van der Waals surface area contributed by atoms with Crippen LogP contribution in [0.3, 0.4) is 0 Å². The lowest BCUT2D eigenvalue weighted by Gasteiger charge is -2.27. The summed E-state index contributed by atoms with van der Waals surface area (Å²) < 4.78 is 0. The van der Waals surface area contributed by atoms with Gasteiger partial charge < -0.3 is 10.3 Å². The molecule has 0 saturated heterocycles. The third kappa shape index (κ3) is 2.20. The molecule has 5 nitrogen and oxygen atoms in total. The molecule has 1 aliphatic rings. The largest absolute Gasteiger partial charge is 0.334 e. The SMILES string of the molecule is NNc1cnccc1C(=O)N1CCc2sccc2C1. The molecule has 1 amide bonds. The van der Waals surface area contributed by atoms with Gasteiger partial charge in [0.05, 0.1) is 17.4 Å². The number of nitrogens with two attached hydrogens (primary N) is 1. The molecule has 6 heteroatoms. The number of pyridine rings is 1. The first-order valence-corrected chi connectivity index (χ1v) is 6.92. The van der Waals surface area contributed by atoms with Crippen molar-refractivity contribution in [3.63, 3.8) is 0 Å². The van der Waals surface area contributed by atoms with E-state index < -0.39 is 0 Å². The summed E-state index contributed by atoms with van der Waals surface area (Å²) in [7, 11) is 0. The molecule has 0 saturated carbocycles. The summed E-state index contributed by atoms with van der Waals surface area (Å²) in [6.07, 6.45) is 4.09. The summed E-state index contributed by atoms with van der Waals surface area (Å²) >= 11 is 1.76. The number of carbonyl (C=O) groups excluding carboxylic acids is 1. The third-order valence-corrected chi connectivity index (χ3v) is 4.32. The maximum atomic E-state index is 12.5. The summed E-state index contributed by atoms with van der Waals surface area (Å²) in [5, 5.41) is 2.08. The normalized spacial score (nSPS) is 14.1. The van der Waals surface area contributed by atoms with Crippen LogP contribution in [0.25, 0.3) is 0 Å². The molecule has 3 rings (SSSR count). The molecule has 0 aromatic carbocycles. The van der Waals surface area contributed by atoms with Crippen LogP contribution in [-0.2, 0) is 13.0 Å². The molecule has 0 unspecified atom stereocenters. The average Bonchev–Trinajstić information content (AvgIpc) is 2.93. The Kier molecular flexibility index (Phi) is 3.18. The number of rotatable bonds is 2. The Morgan fingerprint density at radius 3 is 3.21 bits per heavy atom. The molecule has 0 aliphatic carbocycles. The highest BCUT2D eigenvalue weighted by atomic mass is 32.1. The van der Waals surface area contributed by atoms with Crippen molar-refractivity contribution in [3.05, 3.63) is 45.9 Å². The van der Waals surface area contributed by atoms with Crippen LogP contribution >= 0.6 is 11.3 Å². The molecule has 3 N–H and O–H groups in total. The smallest absolute Gasteiger partial charge is 0.256 e. The highest BCUT2D eigenvalue weighted by Crippen LogP contribution is 2.26. The van der Waals surface area contributed by atoms with Crippen molar-refractivity contribution in [3.8, 4) is 0 Å². The average molecular weight is 274 g/mol. The van der Waals surface area contributed by atoms with Gasteiger partial charge in [-0.2, -0.15) is 0 Å². The zero-order valence-electron chi connectivity index (χ0n) is 10.3. The Morgan fingerprint density at radius 1 is 1.47 bits per heavy atom. The van der Waals surface area contributed by atoms with Gasteiger partial charge in [0.15, 0.2) is 0 Å². The predicted octanol–water partition coefficient (Wildman–Crippen LogP) is 1.63. The molecule has 1 aliphatic heterocycles. The number of nitrogens with one attached hydrogen (secondary N) is 1. The first-order chi connectivity index (χ1) is 9.29. The van der Waals surface area contributed by atoms with E-state index in [0.29, 0.717) is 17.8 Å². The number of hydrogen-bond acceptors (Lipinski definition) is 5. The Labute approximate surface area is 115 Å². The van der Waals surface area contributed by atoms with E-state index in [1.807, 2.05) is 4.90 Å². The summed E-state index contributed by atoms with van der Waals surface area (Å²) in [5.74, 6) is 5.41. The second-order valence-electron chi connectivity index (χ2n) is 4.41. The molecule has 98 valence electrons. The highest BCUT2D eigenvalue weighted by Gasteiger charge is 2.23. The number of anilines is 1. The van der Waals surface area contributed by atoms with E-state index in [9.17, 15) is 4.79 Å². The Bertz CT molecular complexity index is 610. The van der Waals surface area contributed by atoms with Gasteiger partial charge in [0.1, 0.15) is 0 Å². The zero-order chi connectivity index (χ0) is 13.2. The lowest BCUT2D eigenvalue weighted by atomic mass is 10.1. The molecule has 0 atom stereocenters. The van der Waals surface area contributed by atoms with Crippen molar-refractivity contribution in [2.75, 3.05) is 12.0 Å². The molecular weight excluding hydrogens is 260 g/mol. The monoisotopic (exact) mass is 274 g/mol. The lowest BCUT2D eigenvalue weighted by molar-refractivity contribution is 0.0736. The number of aromatic nitrogens is 1. The number of fused-ring (bicyclic) bond motifs is 1. The van der Waals surface area contributed by atoms with Gasteiger partial charge in [0.25, 0.3) is 5.91 Å². The fourth-order valence-corrected chi connectivity index (χ4v) is 3.18. The fourth-order valence-electron chi connectivity index (χ4n) is 2.29. The van der Waals surface area contributed by atoms with E-state index in [0.717, 1.165) is 13.0 Å². The molecule has 0 bridgehead atoms. The number of nitrogens with zero attached hydrogens (tertiary/aromatic N) is 2. The van der Waals surface area contributed by atoms with Gasteiger partial charge in [0.2, 0.25) is 0 Å². The van der Waals surface area contributed by atoms with E-state index in [1.54, 1.807) is 29.8 Å². The number of thiophene rings is 1. The maximum absolute atomic E-state index is 12.5. The van der Waals surface area contributed by atoms with Gasteiger partial charge in [-0.05, 0) is 29.5 Å². The number of hydrogen-bond donors (Lipinski definition) is 2. The number of carbonyl (C=O) groups is 1. The molecule has 3 heterocycles. The maximum Gasteiger partial charge on any atom is 0.256 e. The van der Waals surface area contributed by atoms with Crippen molar-refractivity contribution in [2.45, 2.75) is 13.0 Å². The third-order valence-electron chi connectivity index (χ3n) is 3.30. The Hall–Kier alpha value is -1.92. The minimum atomic E-state index is -0.00722. The molecule has 2 aromatic heterocycles. The minimum absolute atomic E-state index is 0.00722. The van der Waals surface area contributed by atoms with Gasteiger partial charge in [-0.1, -0.05) is 0 Å². The van der Waals surface area contributed by atoms with E-state index in [4.69, 9.17) is 5.84 Å². The van der Waals surface area contributed by atoms with Crippen molar-refractivity contribution in [2.24, 2.45) is 5.84 Å². The van der Waals surface area contributed by atoms with Crippen LogP contribution in [0.15, 0.2) is 29.9 Å². The summed E-state index contributed by atoms with van der Waals surface area (Å²) in [6, 6.07) is 3.79. The van der Waals surface area contributed by atoms with E-state index in [1.165, 1.54) is 10.4 Å². The summed E-state index contributed by atoms with van der Waals surface area (Å²) in [4.78, 5) is 19.7. The van der Waals surface area contributed by atoms with Crippen LogP contribution in [-0.4, -0.2) is 22.3 Å². The minimum Gasteiger partial charge on any atom is -0.334 e. The summed E-state index contributed by atoms with van der Waals surface area (Å²) in [6.45, 7) is 1.42. The molecule has 0 fully saturated rings. The van der Waals surface area contributed by atoms with Crippen LogP contribution in [0.4, 0.5) is 5.69 Å². The lowest BCUT2D eigenvalue weighted by Crippen LogP contribution is -2.35. The number of nitrogen functional groups attached to an aromatic ring is 1. The number of hydrazine groups is 1. The topological polar surface area (TPSA) is 71.2 Å². The van der Waals surface area contributed by atoms with Crippen LogP contribution in [0.1, 0.15) is 20.8 Å². The van der Waals surface area contributed by atoms with Gasteiger partial charge in [-0.3, -0.25) is 15.6 Å². The quantitative estimate of drug-likeness (QED) is 0.645. The summed E-state index contributed by atoms with van der Waals surface area (Å²) in [5.41, 5.74) is 4.90. The van der Waals surface area contributed by atoms with Crippen LogP contribution in [0.2, 0.25) is 0 Å². The molecule has 0 radical (unpaired) electrons. The van der Waals surface area contributed by atoms with Gasteiger partial charge in [-0.15, -0.1) is 11.3 Å². The zero-order valence-corrected chi connectivity index (χ0v) is 11.1. The molecular formula is C13H14N4OS. The van der Waals surface area contributed by atoms with Crippen LogP contribution in [0, 0.1) is 0 Å². The van der Waals surface area contributed by atoms with E-state index in [-0.39, 0.29) is 5.91 Å². The van der Waals surface area contributed by atoms with Crippen molar-refractivity contribution in [1.29, 1.82) is 0 Å². The molecule has 0 spiro atoms. The van der Waals surface area contributed by atoms with Crippen LogP contribution < -0.4 is 11.3 Å². The Morgan fingerprint density at radius 2 is 2.37 bits per heavy atom. The molecule has 19 heavy (non-hydrogen) atoms. The Balaban J connectivity index is 1.85. The second kappa shape index (κ2) is 4.99. The van der Waals surface area contributed by atoms with Crippen molar-refractivity contribution >= 4 is 22.9 Å². The number of amides is 1. The van der Waals surface area contributed by atoms with E-state index in [2.05, 4.69) is 21.9 Å². The highest BCUT2D eigenvalue weighted by molar-refractivity contribution is 7.10. The standard InChI is InChI=1S/C13H14N4OS/c14-16-11-7-15-4-1-10(11)13(18)17-5-2-12-9(8-17)3-6-19-12/h1,3-4,6-7,16H,2,5,8,14H2. The van der Waals surface area contributed by atoms with Crippen molar-refractivity contribution in [1.82, 2.24) is 9.88 Å². The first kappa shape index (κ1) is 12.1.